The second-order valence-corrected chi connectivity index (χ2v) is 11.1. The minimum atomic E-state index is -0.817. The number of esters is 3. The maximum Gasteiger partial charge on any atom is 0.330 e. The van der Waals surface area contributed by atoms with Crippen molar-refractivity contribution in [2.45, 2.75) is 39.5 Å². The van der Waals surface area contributed by atoms with Gasteiger partial charge in [-0.25, -0.2) is 4.79 Å². The standard InChI is InChI=1S/C25H44O10S2/c1-4-21(29)33-19-25(6-3,20-35-23(31)8-12-37-14-10-27)17-32-16-24(5-2,15-28)18-34-22(30)7-11-36-13-9-26/h4,26-28H,1,5-20H2,2-3H3. The molecule has 0 aromatic heterocycles. The van der Waals surface area contributed by atoms with Crippen LogP contribution < -0.4 is 0 Å². The summed E-state index contributed by atoms with van der Waals surface area (Å²) in [6.07, 6.45) is 2.40. The minimum absolute atomic E-state index is 0.0193. The molecular weight excluding hydrogens is 524 g/mol. The Morgan fingerprint density at radius 3 is 1.62 bits per heavy atom. The Morgan fingerprint density at radius 2 is 1.19 bits per heavy atom. The van der Waals surface area contributed by atoms with Crippen LogP contribution in [-0.4, -0.2) is 109 Å². The van der Waals surface area contributed by atoms with Gasteiger partial charge in [0.2, 0.25) is 0 Å². The Bertz CT molecular complexity index is 657. The van der Waals surface area contributed by atoms with Crippen LogP contribution >= 0.6 is 23.5 Å². The molecule has 0 aliphatic heterocycles. The molecule has 2 atom stereocenters. The molecule has 0 amide bonds. The summed E-state index contributed by atoms with van der Waals surface area (Å²) >= 11 is 2.90. The fourth-order valence-corrected chi connectivity index (χ4v) is 4.19. The minimum Gasteiger partial charge on any atom is -0.465 e. The van der Waals surface area contributed by atoms with Crippen LogP contribution in [-0.2, 0) is 33.3 Å². The van der Waals surface area contributed by atoms with E-state index in [2.05, 4.69) is 6.58 Å². The summed E-state index contributed by atoms with van der Waals surface area (Å²) in [5, 5.41) is 27.7. The van der Waals surface area contributed by atoms with E-state index < -0.39 is 22.8 Å². The zero-order chi connectivity index (χ0) is 28.0. The van der Waals surface area contributed by atoms with Gasteiger partial charge in [0.25, 0.3) is 0 Å². The lowest BCUT2D eigenvalue weighted by atomic mass is 9.86. The molecule has 12 heteroatoms. The van der Waals surface area contributed by atoms with Crippen molar-refractivity contribution in [3.8, 4) is 0 Å². The van der Waals surface area contributed by atoms with Gasteiger partial charge in [-0.05, 0) is 12.8 Å². The van der Waals surface area contributed by atoms with Crippen LogP contribution in [0.3, 0.4) is 0 Å². The SMILES string of the molecule is C=CC(=O)OCC(CC)(COCC(CC)(CO)COC(=O)CCSCCO)COC(=O)CCSCCO. The number of aliphatic hydroxyl groups excluding tert-OH is 3. The molecule has 0 aliphatic carbocycles. The summed E-state index contributed by atoms with van der Waals surface area (Å²) in [5.74, 6) is 0.757. The molecule has 37 heavy (non-hydrogen) atoms. The highest BCUT2D eigenvalue weighted by Crippen LogP contribution is 2.28. The van der Waals surface area contributed by atoms with Crippen LogP contribution in [0.1, 0.15) is 39.5 Å². The topological polar surface area (TPSA) is 149 Å². The number of hydrogen-bond acceptors (Lipinski definition) is 12. The molecule has 0 bridgehead atoms. The highest BCUT2D eigenvalue weighted by Gasteiger charge is 2.35. The molecule has 0 fully saturated rings. The number of ether oxygens (including phenoxy) is 4. The third kappa shape index (κ3) is 16.3. The third-order valence-electron chi connectivity index (χ3n) is 5.79. The molecule has 0 radical (unpaired) electrons. The third-order valence-corrected chi connectivity index (χ3v) is 7.72. The molecule has 0 heterocycles. The zero-order valence-electron chi connectivity index (χ0n) is 22.1. The van der Waals surface area contributed by atoms with Crippen LogP contribution in [0.4, 0.5) is 0 Å². The van der Waals surface area contributed by atoms with E-state index in [0.29, 0.717) is 35.9 Å². The van der Waals surface area contributed by atoms with Crippen LogP contribution in [0.25, 0.3) is 0 Å². The van der Waals surface area contributed by atoms with Gasteiger partial charge in [-0.1, -0.05) is 20.4 Å². The number of hydrogen-bond donors (Lipinski definition) is 3. The van der Waals surface area contributed by atoms with Crippen LogP contribution in [0.15, 0.2) is 12.7 Å². The monoisotopic (exact) mass is 568 g/mol. The summed E-state index contributed by atoms with van der Waals surface area (Å²) in [5.41, 5.74) is -1.63. The van der Waals surface area contributed by atoms with Gasteiger partial charge in [-0.3, -0.25) is 9.59 Å². The smallest absolute Gasteiger partial charge is 0.330 e. The lowest BCUT2D eigenvalue weighted by Gasteiger charge is -2.34. The Hall–Kier alpha value is -1.31. The Morgan fingerprint density at radius 1 is 0.730 bits per heavy atom. The molecule has 10 nitrogen and oxygen atoms in total. The van der Waals surface area contributed by atoms with Gasteiger partial charge in [0.15, 0.2) is 0 Å². The van der Waals surface area contributed by atoms with E-state index in [1.54, 1.807) is 0 Å². The van der Waals surface area contributed by atoms with Crippen molar-refractivity contribution in [1.82, 2.24) is 0 Å². The molecule has 216 valence electrons. The van der Waals surface area contributed by atoms with Crippen molar-refractivity contribution < 1.29 is 48.7 Å². The summed E-state index contributed by atoms with van der Waals surface area (Å²) in [6, 6.07) is 0. The molecule has 0 rings (SSSR count). The first-order valence-electron chi connectivity index (χ1n) is 12.4. The summed E-state index contributed by atoms with van der Waals surface area (Å²) in [4.78, 5) is 35.9. The van der Waals surface area contributed by atoms with Crippen LogP contribution in [0.5, 0.6) is 0 Å². The molecule has 0 saturated carbocycles. The maximum atomic E-state index is 12.2. The normalized spacial score (nSPS) is 14.3. The van der Waals surface area contributed by atoms with Crippen molar-refractivity contribution >= 4 is 41.4 Å². The van der Waals surface area contributed by atoms with E-state index in [9.17, 15) is 19.5 Å². The Kier molecular flexibility index (Phi) is 20.8. The number of aliphatic hydroxyl groups is 3. The number of carbonyl (C=O) groups excluding carboxylic acids is 3. The van der Waals surface area contributed by atoms with Gasteiger partial charge in [0.1, 0.15) is 19.8 Å². The Balaban J connectivity index is 5.06. The number of carbonyl (C=O) groups is 3. The molecule has 0 spiro atoms. The Labute approximate surface area is 228 Å². The van der Waals surface area contributed by atoms with Gasteiger partial charge in [-0.15, -0.1) is 0 Å². The molecule has 2 unspecified atom stereocenters. The first-order chi connectivity index (χ1) is 17.8. The van der Waals surface area contributed by atoms with E-state index in [4.69, 9.17) is 29.2 Å². The molecule has 3 N–H and O–H groups in total. The first-order valence-corrected chi connectivity index (χ1v) is 14.7. The molecule has 0 saturated heterocycles. The average Bonchev–Trinajstić information content (AvgIpc) is 2.92. The fraction of sp³-hybridized carbons (Fsp3) is 0.800. The van der Waals surface area contributed by atoms with Crippen molar-refractivity contribution in [1.29, 1.82) is 0 Å². The van der Waals surface area contributed by atoms with E-state index in [-0.39, 0.29) is 71.7 Å². The van der Waals surface area contributed by atoms with E-state index >= 15 is 0 Å². The van der Waals surface area contributed by atoms with E-state index in [1.165, 1.54) is 23.5 Å². The van der Waals surface area contributed by atoms with Gasteiger partial charge in [0, 0.05) is 29.1 Å². The quantitative estimate of drug-likeness (QED) is 0.0675. The van der Waals surface area contributed by atoms with Gasteiger partial charge < -0.3 is 34.3 Å². The van der Waals surface area contributed by atoms with Gasteiger partial charge in [0.05, 0.1) is 56.7 Å². The van der Waals surface area contributed by atoms with Crippen molar-refractivity contribution in [2.75, 3.05) is 75.9 Å². The van der Waals surface area contributed by atoms with Gasteiger partial charge >= 0.3 is 17.9 Å². The van der Waals surface area contributed by atoms with E-state index in [0.717, 1.165) is 6.08 Å². The lowest BCUT2D eigenvalue weighted by molar-refractivity contribution is -0.158. The lowest BCUT2D eigenvalue weighted by Crippen LogP contribution is -2.42. The molecule has 0 aromatic rings. The summed E-state index contributed by atoms with van der Waals surface area (Å²) in [7, 11) is 0. The number of rotatable bonds is 24. The number of thioether (sulfide) groups is 2. The van der Waals surface area contributed by atoms with Crippen molar-refractivity contribution in [3.05, 3.63) is 12.7 Å². The summed E-state index contributed by atoms with van der Waals surface area (Å²) in [6.45, 7) is 7.00. The summed E-state index contributed by atoms with van der Waals surface area (Å²) < 4.78 is 22.1. The highest BCUT2D eigenvalue weighted by molar-refractivity contribution is 7.99. The fourth-order valence-electron chi connectivity index (χ4n) is 2.90. The highest BCUT2D eigenvalue weighted by atomic mass is 32.2. The van der Waals surface area contributed by atoms with Crippen LogP contribution in [0, 0.1) is 10.8 Å². The second kappa shape index (κ2) is 21.6. The predicted molar refractivity (Wildman–Crippen MR) is 144 cm³/mol. The molecule has 0 aliphatic rings. The molecular formula is C25H44O10S2. The van der Waals surface area contributed by atoms with E-state index in [1.807, 2.05) is 13.8 Å². The van der Waals surface area contributed by atoms with Gasteiger partial charge in [-0.2, -0.15) is 23.5 Å². The zero-order valence-corrected chi connectivity index (χ0v) is 23.7. The second-order valence-electron chi connectivity index (χ2n) is 8.66. The average molecular weight is 569 g/mol. The molecule has 0 aromatic carbocycles. The van der Waals surface area contributed by atoms with Crippen LogP contribution in [0.2, 0.25) is 0 Å². The predicted octanol–water partition coefficient (Wildman–Crippen LogP) is 1.83. The largest absolute Gasteiger partial charge is 0.465 e. The maximum absolute atomic E-state index is 12.2. The first kappa shape index (κ1) is 35.7. The van der Waals surface area contributed by atoms with Crippen molar-refractivity contribution in [3.63, 3.8) is 0 Å². The van der Waals surface area contributed by atoms with Crippen molar-refractivity contribution in [2.24, 2.45) is 10.8 Å².